The average molecular weight is 358 g/mol. The molecule has 2 N–H and O–H groups in total. The van der Waals surface area contributed by atoms with E-state index >= 15 is 0 Å². The number of hydrogen-bond donors (Lipinski definition) is 2. The van der Waals surface area contributed by atoms with Crippen molar-refractivity contribution in [2.24, 2.45) is 0 Å². The highest BCUT2D eigenvalue weighted by Gasteiger charge is 2.17. The first-order valence-corrected chi connectivity index (χ1v) is 9.38. The molecule has 24 heavy (non-hydrogen) atoms. The number of carbonyl (C=O) groups is 1. The van der Waals surface area contributed by atoms with Crippen molar-refractivity contribution in [2.75, 3.05) is 0 Å². The third-order valence-electron chi connectivity index (χ3n) is 3.39. The first kappa shape index (κ1) is 16.7. The molecule has 5 nitrogen and oxygen atoms in total. The van der Waals surface area contributed by atoms with Gasteiger partial charge in [0.05, 0.1) is 5.25 Å². The van der Waals surface area contributed by atoms with E-state index in [1.165, 1.54) is 16.6 Å². The minimum atomic E-state index is -0.251. The molecule has 0 saturated carbocycles. The van der Waals surface area contributed by atoms with Crippen molar-refractivity contribution in [1.29, 1.82) is 0 Å². The van der Waals surface area contributed by atoms with Crippen molar-refractivity contribution in [1.82, 2.24) is 20.5 Å². The number of carbonyl (C=O) groups excluding carboxylic acids is 1. The van der Waals surface area contributed by atoms with E-state index in [-0.39, 0.29) is 11.2 Å². The van der Waals surface area contributed by atoms with Gasteiger partial charge in [-0.15, -0.1) is 16.4 Å². The fourth-order valence-electron chi connectivity index (χ4n) is 2.13. The number of thioether (sulfide) groups is 1. The lowest BCUT2D eigenvalue weighted by Gasteiger charge is -2.10. The Labute approximate surface area is 148 Å². The molecule has 2 heterocycles. The largest absolute Gasteiger partial charge is 0.351 e. The Morgan fingerprint density at radius 2 is 2.12 bits per heavy atom. The zero-order valence-corrected chi connectivity index (χ0v) is 14.9. The van der Waals surface area contributed by atoms with Crippen LogP contribution in [0.4, 0.5) is 0 Å². The van der Waals surface area contributed by atoms with E-state index in [9.17, 15) is 4.79 Å². The molecule has 0 aliphatic heterocycles. The monoisotopic (exact) mass is 358 g/mol. The van der Waals surface area contributed by atoms with Gasteiger partial charge in [0.25, 0.3) is 0 Å². The Balaban J connectivity index is 1.50. The molecular formula is C17H18N4OS2. The SMILES string of the molecule is CC(Sc1n[nH]c(Cc2cccs2)n1)C(=O)NCc1ccccc1. The number of H-pyrrole nitrogens is 1. The summed E-state index contributed by atoms with van der Waals surface area (Å²) in [4.78, 5) is 17.9. The van der Waals surface area contributed by atoms with Crippen LogP contribution in [0.5, 0.6) is 0 Å². The number of aromatic amines is 1. The number of thiophene rings is 1. The summed E-state index contributed by atoms with van der Waals surface area (Å²) in [6, 6.07) is 13.9. The molecule has 1 aromatic carbocycles. The van der Waals surface area contributed by atoms with E-state index in [2.05, 4.69) is 26.6 Å². The van der Waals surface area contributed by atoms with Gasteiger partial charge in [-0.05, 0) is 23.9 Å². The Kier molecular flexibility index (Phi) is 5.66. The van der Waals surface area contributed by atoms with E-state index < -0.39 is 0 Å². The van der Waals surface area contributed by atoms with Crippen LogP contribution in [0.25, 0.3) is 0 Å². The van der Waals surface area contributed by atoms with E-state index in [1.54, 1.807) is 11.3 Å². The van der Waals surface area contributed by atoms with Gasteiger partial charge in [-0.2, -0.15) is 0 Å². The number of nitrogens with zero attached hydrogens (tertiary/aromatic N) is 2. The summed E-state index contributed by atoms with van der Waals surface area (Å²) >= 11 is 3.05. The molecule has 3 aromatic rings. The zero-order valence-electron chi connectivity index (χ0n) is 13.2. The molecular weight excluding hydrogens is 340 g/mol. The number of hydrogen-bond acceptors (Lipinski definition) is 5. The molecule has 0 radical (unpaired) electrons. The molecule has 0 aliphatic rings. The predicted molar refractivity (Wildman–Crippen MR) is 97.1 cm³/mol. The van der Waals surface area contributed by atoms with Crippen molar-refractivity contribution >= 4 is 29.0 Å². The van der Waals surface area contributed by atoms with Crippen LogP contribution in [0.15, 0.2) is 53.0 Å². The van der Waals surface area contributed by atoms with Gasteiger partial charge in [-0.1, -0.05) is 48.2 Å². The van der Waals surface area contributed by atoms with E-state index in [1.807, 2.05) is 48.7 Å². The highest BCUT2D eigenvalue weighted by Crippen LogP contribution is 2.20. The van der Waals surface area contributed by atoms with Crippen LogP contribution >= 0.6 is 23.1 Å². The molecule has 7 heteroatoms. The summed E-state index contributed by atoms with van der Waals surface area (Å²) in [5.41, 5.74) is 1.08. The lowest BCUT2D eigenvalue weighted by Crippen LogP contribution is -2.30. The summed E-state index contributed by atoms with van der Waals surface area (Å²) < 4.78 is 0. The van der Waals surface area contributed by atoms with Gasteiger partial charge in [-0.3, -0.25) is 9.89 Å². The van der Waals surface area contributed by atoms with Gasteiger partial charge in [0.2, 0.25) is 11.1 Å². The first-order valence-electron chi connectivity index (χ1n) is 7.62. The average Bonchev–Trinajstić information content (AvgIpc) is 3.26. The van der Waals surface area contributed by atoms with Gasteiger partial charge < -0.3 is 5.32 Å². The second kappa shape index (κ2) is 8.12. The van der Waals surface area contributed by atoms with Gasteiger partial charge in [-0.25, -0.2) is 4.98 Å². The van der Waals surface area contributed by atoms with Crippen molar-refractivity contribution < 1.29 is 4.79 Å². The van der Waals surface area contributed by atoms with Crippen molar-refractivity contribution in [3.63, 3.8) is 0 Å². The second-order valence-corrected chi connectivity index (χ2v) is 7.62. The smallest absolute Gasteiger partial charge is 0.233 e. The van der Waals surface area contributed by atoms with Crippen LogP contribution in [0, 0.1) is 0 Å². The molecule has 0 spiro atoms. The summed E-state index contributed by atoms with van der Waals surface area (Å²) in [6.07, 6.45) is 0.736. The summed E-state index contributed by atoms with van der Waals surface area (Å²) in [5, 5.41) is 12.5. The first-order chi connectivity index (χ1) is 11.7. The Morgan fingerprint density at radius 1 is 1.29 bits per heavy atom. The fraction of sp³-hybridized carbons (Fsp3) is 0.235. The molecule has 0 saturated heterocycles. The fourth-order valence-corrected chi connectivity index (χ4v) is 3.61. The Hall–Kier alpha value is -2.12. The summed E-state index contributed by atoms with van der Waals surface area (Å²) in [7, 11) is 0. The summed E-state index contributed by atoms with van der Waals surface area (Å²) in [6.45, 7) is 2.39. The highest BCUT2D eigenvalue weighted by atomic mass is 32.2. The van der Waals surface area contributed by atoms with Crippen LogP contribution in [0.1, 0.15) is 23.2 Å². The lowest BCUT2D eigenvalue weighted by atomic mass is 10.2. The Bertz CT molecular complexity index is 771. The summed E-state index contributed by atoms with van der Waals surface area (Å²) in [5.74, 6) is 0.797. The number of amides is 1. The van der Waals surface area contributed by atoms with Crippen molar-refractivity contribution in [2.45, 2.75) is 30.3 Å². The van der Waals surface area contributed by atoms with Crippen LogP contribution in [0.2, 0.25) is 0 Å². The molecule has 2 aromatic heterocycles. The van der Waals surface area contributed by atoms with Crippen LogP contribution < -0.4 is 5.32 Å². The van der Waals surface area contributed by atoms with Gasteiger partial charge in [0.1, 0.15) is 5.82 Å². The molecule has 124 valence electrons. The minimum Gasteiger partial charge on any atom is -0.351 e. The number of aromatic nitrogens is 3. The molecule has 0 bridgehead atoms. The van der Waals surface area contributed by atoms with Gasteiger partial charge in [0, 0.05) is 17.8 Å². The molecule has 1 unspecified atom stereocenters. The minimum absolute atomic E-state index is 0.0199. The quantitative estimate of drug-likeness (QED) is 0.636. The maximum atomic E-state index is 12.2. The molecule has 0 aliphatic carbocycles. The molecule has 0 fully saturated rings. The third kappa shape index (κ3) is 4.69. The predicted octanol–water partition coefficient (Wildman–Crippen LogP) is 3.25. The van der Waals surface area contributed by atoms with E-state index in [4.69, 9.17) is 0 Å². The third-order valence-corrected chi connectivity index (χ3v) is 5.23. The number of nitrogens with one attached hydrogen (secondary N) is 2. The standard InChI is InChI=1S/C17H18N4OS2/c1-12(16(22)18-11-13-6-3-2-4-7-13)24-17-19-15(20-21-17)10-14-8-5-9-23-14/h2-9,12H,10-11H2,1H3,(H,18,22)(H,19,20,21). The second-order valence-electron chi connectivity index (χ2n) is 5.28. The normalized spacial score (nSPS) is 12.0. The Morgan fingerprint density at radius 3 is 2.88 bits per heavy atom. The van der Waals surface area contributed by atoms with Crippen LogP contribution in [-0.4, -0.2) is 26.3 Å². The maximum Gasteiger partial charge on any atom is 0.233 e. The van der Waals surface area contributed by atoms with Crippen LogP contribution in [0.3, 0.4) is 0 Å². The lowest BCUT2D eigenvalue weighted by molar-refractivity contribution is -0.120. The topological polar surface area (TPSA) is 70.7 Å². The zero-order chi connectivity index (χ0) is 16.8. The maximum absolute atomic E-state index is 12.2. The highest BCUT2D eigenvalue weighted by molar-refractivity contribution is 8.00. The molecule has 3 rings (SSSR count). The molecule has 1 amide bonds. The van der Waals surface area contributed by atoms with Crippen LogP contribution in [-0.2, 0) is 17.8 Å². The molecule has 1 atom stereocenters. The number of benzene rings is 1. The number of rotatable bonds is 7. The van der Waals surface area contributed by atoms with Crippen molar-refractivity contribution in [3.8, 4) is 0 Å². The van der Waals surface area contributed by atoms with E-state index in [0.717, 1.165) is 17.8 Å². The van der Waals surface area contributed by atoms with Gasteiger partial charge >= 0.3 is 0 Å². The van der Waals surface area contributed by atoms with E-state index in [0.29, 0.717) is 11.7 Å². The van der Waals surface area contributed by atoms with Crippen molar-refractivity contribution in [3.05, 3.63) is 64.1 Å². The van der Waals surface area contributed by atoms with Gasteiger partial charge in [0.15, 0.2) is 0 Å².